The minimum Gasteiger partial charge on any atom is -0.398 e. The number of rotatable bonds is 4. The summed E-state index contributed by atoms with van der Waals surface area (Å²) in [6.45, 7) is 2.27. The van der Waals surface area contributed by atoms with E-state index in [9.17, 15) is 4.79 Å². The van der Waals surface area contributed by atoms with Crippen molar-refractivity contribution >= 4 is 11.6 Å². The minimum atomic E-state index is -0.0669. The molecule has 0 saturated heterocycles. The highest BCUT2D eigenvalue weighted by Gasteiger charge is 2.33. The molecule has 0 atom stereocenters. The number of nitrogen functional groups attached to an aromatic ring is 1. The summed E-state index contributed by atoms with van der Waals surface area (Å²) < 4.78 is 0. The number of benzene rings is 1. The van der Waals surface area contributed by atoms with Gasteiger partial charge in [0.15, 0.2) is 0 Å². The topological polar surface area (TPSA) is 66.6 Å². The smallest absolute Gasteiger partial charge is 0.256 e. The molecule has 17 heavy (non-hydrogen) atoms. The number of aliphatic hydroxyl groups is 1. The Labute approximate surface area is 101 Å². The van der Waals surface area contributed by atoms with E-state index in [4.69, 9.17) is 10.8 Å². The third kappa shape index (κ3) is 2.42. The fraction of sp³-hybridized carbons (Fsp3) is 0.462. The maximum atomic E-state index is 12.3. The lowest BCUT2D eigenvalue weighted by Crippen LogP contribution is -2.36. The molecule has 1 amide bonds. The van der Waals surface area contributed by atoms with Crippen molar-refractivity contribution < 1.29 is 9.90 Å². The van der Waals surface area contributed by atoms with Crippen molar-refractivity contribution in [3.63, 3.8) is 0 Å². The summed E-state index contributed by atoms with van der Waals surface area (Å²) in [6, 6.07) is 5.76. The van der Waals surface area contributed by atoms with Crippen LogP contribution < -0.4 is 5.73 Å². The quantitative estimate of drug-likeness (QED) is 0.769. The molecule has 1 aromatic carbocycles. The molecule has 0 spiro atoms. The van der Waals surface area contributed by atoms with Gasteiger partial charge < -0.3 is 15.7 Å². The molecule has 92 valence electrons. The average Bonchev–Trinajstić information content (AvgIpc) is 3.13. The molecule has 0 radical (unpaired) electrons. The van der Waals surface area contributed by atoms with Gasteiger partial charge in [0.2, 0.25) is 0 Å². The van der Waals surface area contributed by atoms with Crippen LogP contribution in [0.2, 0.25) is 0 Å². The number of carbonyl (C=O) groups is 1. The van der Waals surface area contributed by atoms with Crippen LogP contribution in [0.1, 0.15) is 28.8 Å². The molecule has 0 bridgehead atoms. The number of hydrogen-bond donors (Lipinski definition) is 2. The summed E-state index contributed by atoms with van der Waals surface area (Å²) >= 11 is 0. The molecule has 1 aliphatic carbocycles. The number of hydrogen-bond acceptors (Lipinski definition) is 3. The summed E-state index contributed by atoms with van der Waals surface area (Å²) in [6.07, 6.45) is 2.05. The number of aryl methyl sites for hydroxylation is 1. The van der Waals surface area contributed by atoms with E-state index in [2.05, 4.69) is 0 Å². The van der Waals surface area contributed by atoms with Gasteiger partial charge in [-0.15, -0.1) is 0 Å². The second-order valence-electron chi connectivity index (χ2n) is 4.49. The number of nitrogens with zero attached hydrogens (tertiary/aromatic N) is 1. The van der Waals surface area contributed by atoms with Crippen LogP contribution in [0.3, 0.4) is 0 Å². The molecule has 2 rings (SSSR count). The maximum absolute atomic E-state index is 12.3. The number of nitrogens with two attached hydrogens (primary N) is 1. The first-order valence-electron chi connectivity index (χ1n) is 5.92. The molecular formula is C13H18N2O2. The van der Waals surface area contributed by atoms with Crippen molar-refractivity contribution in [2.24, 2.45) is 0 Å². The van der Waals surface area contributed by atoms with Gasteiger partial charge in [0.1, 0.15) is 0 Å². The van der Waals surface area contributed by atoms with Gasteiger partial charge >= 0.3 is 0 Å². The Hall–Kier alpha value is -1.55. The van der Waals surface area contributed by atoms with E-state index in [1.165, 1.54) is 0 Å². The highest BCUT2D eigenvalue weighted by molar-refractivity contribution is 6.00. The van der Waals surface area contributed by atoms with Gasteiger partial charge in [-0.2, -0.15) is 0 Å². The molecule has 0 unspecified atom stereocenters. The van der Waals surface area contributed by atoms with Gasteiger partial charge in [-0.05, 0) is 31.4 Å². The minimum absolute atomic E-state index is 0.00599. The fourth-order valence-corrected chi connectivity index (χ4v) is 1.97. The van der Waals surface area contributed by atoms with Gasteiger partial charge in [0, 0.05) is 18.3 Å². The van der Waals surface area contributed by atoms with Gasteiger partial charge in [0.25, 0.3) is 5.91 Å². The normalized spacial score (nSPS) is 14.7. The Balaban J connectivity index is 2.25. The zero-order chi connectivity index (χ0) is 12.4. The monoisotopic (exact) mass is 234 g/mol. The molecule has 1 aliphatic rings. The lowest BCUT2D eigenvalue weighted by molar-refractivity contribution is 0.0708. The SMILES string of the molecule is Cc1cccc(C(=O)N(CCO)C2CC2)c1N. The number of aliphatic hydroxyl groups excluding tert-OH is 1. The van der Waals surface area contributed by atoms with Crippen LogP contribution in [0.15, 0.2) is 18.2 Å². The average molecular weight is 234 g/mol. The molecule has 1 fully saturated rings. The molecule has 3 N–H and O–H groups in total. The van der Waals surface area contributed by atoms with Gasteiger partial charge in [-0.1, -0.05) is 12.1 Å². The summed E-state index contributed by atoms with van der Waals surface area (Å²) in [7, 11) is 0. The third-order valence-corrected chi connectivity index (χ3v) is 3.14. The molecule has 4 heteroatoms. The number of para-hydroxylation sites is 1. The predicted octanol–water partition coefficient (Wildman–Crippen LogP) is 1.17. The summed E-state index contributed by atoms with van der Waals surface area (Å²) in [5, 5.41) is 9.01. The number of anilines is 1. The first-order chi connectivity index (χ1) is 8.15. The van der Waals surface area contributed by atoms with Crippen LogP contribution in [0.5, 0.6) is 0 Å². The van der Waals surface area contributed by atoms with Crippen molar-refractivity contribution in [1.82, 2.24) is 4.90 Å². The maximum Gasteiger partial charge on any atom is 0.256 e. The van der Waals surface area contributed by atoms with E-state index in [1.807, 2.05) is 19.1 Å². The Morgan fingerprint density at radius 2 is 2.24 bits per heavy atom. The highest BCUT2D eigenvalue weighted by Crippen LogP contribution is 2.29. The number of amides is 1. The van der Waals surface area contributed by atoms with E-state index >= 15 is 0 Å². The van der Waals surface area contributed by atoms with E-state index in [0.29, 0.717) is 17.8 Å². The third-order valence-electron chi connectivity index (χ3n) is 3.14. The largest absolute Gasteiger partial charge is 0.398 e. The second-order valence-corrected chi connectivity index (χ2v) is 4.49. The van der Waals surface area contributed by atoms with Crippen molar-refractivity contribution in [2.75, 3.05) is 18.9 Å². The van der Waals surface area contributed by atoms with Crippen molar-refractivity contribution in [3.8, 4) is 0 Å². The van der Waals surface area contributed by atoms with E-state index in [0.717, 1.165) is 18.4 Å². The van der Waals surface area contributed by atoms with Crippen LogP contribution in [0.25, 0.3) is 0 Å². The highest BCUT2D eigenvalue weighted by atomic mass is 16.3. The summed E-state index contributed by atoms with van der Waals surface area (Å²) in [5.41, 5.74) is 7.93. The fourth-order valence-electron chi connectivity index (χ4n) is 1.97. The molecule has 4 nitrogen and oxygen atoms in total. The Kier molecular flexibility index (Phi) is 3.33. The Morgan fingerprint density at radius 3 is 2.82 bits per heavy atom. The lowest BCUT2D eigenvalue weighted by Gasteiger charge is -2.22. The van der Waals surface area contributed by atoms with Crippen molar-refractivity contribution in [3.05, 3.63) is 29.3 Å². The van der Waals surface area contributed by atoms with Gasteiger partial charge in [0.05, 0.1) is 12.2 Å². The lowest BCUT2D eigenvalue weighted by atomic mass is 10.1. The van der Waals surface area contributed by atoms with Crippen molar-refractivity contribution in [1.29, 1.82) is 0 Å². The number of carbonyl (C=O) groups excluding carboxylic acids is 1. The molecule has 0 aromatic heterocycles. The van der Waals surface area contributed by atoms with Crippen LogP contribution in [0, 0.1) is 6.92 Å². The second kappa shape index (κ2) is 4.75. The summed E-state index contributed by atoms with van der Waals surface area (Å²) in [5.74, 6) is -0.0669. The molecular weight excluding hydrogens is 216 g/mol. The van der Waals surface area contributed by atoms with E-state index < -0.39 is 0 Å². The standard InChI is InChI=1S/C13H18N2O2/c1-9-3-2-4-11(12(9)14)13(17)15(7-8-16)10-5-6-10/h2-4,10,16H,5-8,14H2,1H3. The molecule has 1 saturated carbocycles. The van der Waals surface area contributed by atoms with Crippen LogP contribution in [-0.4, -0.2) is 35.1 Å². The van der Waals surface area contributed by atoms with Crippen molar-refractivity contribution in [2.45, 2.75) is 25.8 Å². The van der Waals surface area contributed by atoms with Crippen LogP contribution in [0.4, 0.5) is 5.69 Å². The van der Waals surface area contributed by atoms with Crippen LogP contribution >= 0.6 is 0 Å². The first kappa shape index (κ1) is 11.9. The Morgan fingerprint density at radius 1 is 1.53 bits per heavy atom. The van der Waals surface area contributed by atoms with Gasteiger partial charge in [-0.3, -0.25) is 4.79 Å². The first-order valence-corrected chi connectivity index (χ1v) is 5.92. The van der Waals surface area contributed by atoms with E-state index in [1.54, 1.807) is 11.0 Å². The molecule has 1 aromatic rings. The van der Waals surface area contributed by atoms with Gasteiger partial charge in [-0.25, -0.2) is 0 Å². The van der Waals surface area contributed by atoms with Crippen LogP contribution in [-0.2, 0) is 0 Å². The zero-order valence-corrected chi connectivity index (χ0v) is 10.0. The molecule has 0 aliphatic heterocycles. The van der Waals surface area contributed by atoms with E-state index in [-0.39, 0.29) is 18.6 Å². The zero-order valence-electron chi connectivity index (χ0n) is 10.0. The predicted molar refractivity (Wildman–Crippen MR) is 66.7 cm³/mol. The molecule has 0 heterocycles. The Bertz CT molecular complexity index is 427. The summed E-state index contributed by atoms with van der Waals surface area (Å²) in [4.78, 5) is 14.1.